The van der Waals surface area contributed by atoms with Gasteiger partial charge >= 0.3 is 0 Å². The SMILES string of the molecule is O=C(CSCc1ccccn1)N(Cc1ccc(F)cc1)c1nc(-c2ccccc2Cl)cs1. The van der Waals surface area contributed by atoms with Gasteiger partial charge in [0.1, 0.15) is 5.82 Å². The summed E-state index contributed by atoms with van der Waals surface area (Å²) in [5.74, 6) is 0.529. The van der Waals surface area contributed by atoms with Crippen LogP contribution in [0.2, 0.25) is 5.02 Å². The van der Waals surface area contributed by atoms with Crippen molar-refractivity contribution in [3.8, 4) is 11.3 Å². The molecule has 0 saturated heterocycles. The summed E-state index contributed by atoms with van der Waals surface area (Å²) >= 11 is 9.20. The highest BCUT2D eigenvalue weighted by atomic mass is 35.5. The lowest BCUT2D eigenvalue weighted by molar-refractivity contribution is -0.116. The Morgan fingerprint density at radius 2 is 1.84 bits per heavy atom. The highest BCUT2D eigenvalue weighted by Gasteiger charge is 2.21. The summed E-state index contributed by atoms with van der Waals surface area (Å²) < 4.78 is 13.3. The Hall–Kier alpha value is -2.74. The normalized spacial score (nSPS) is 10.8. The van der Waals surface area contributed by atoms with Crippen molar-refractivity contribution in [3.63, 3.8) is 0 Å². The van der Waals surface area contributed by atoms with Crippen LogP contribution >= 0.6 is 34.7 Å². The molecule has 32 heavy (non-hydrogen) atoms. The minimum atomic E-state index is -0.312. The molecule has 0 bridgehead atoms. The number of carbonyl (C=O) groups excluding carboxylic acids is 1. The van der Waals surface area contributed by atoms with Gasteiger partial charge in [-0.1, -0.05) is 48.0 Å². The molecule has 4 rings (SSSR count). The summed E-state index contributed by atoms with van der Waals surface area (Å²) in [7, 11) is 0. The van der Waals surface area contributed by atoms with Gasteiger partial charge < -0.3 is 0 Å². The Kier molecular flexibility index (Phi) is 7.52. The summed E-state index contributed by atoms with van der Waals surface area (Å²) in [6, 6.07) is 19.3. The van der Waals surface area contributed by atoms with E-state index in [0.717, 1.165) is 16.8 Å². The smallest absolute Gasteiger partial charge is 0.239 e. The number of benzene rings is 2. The first-order valence-electron chi connectivity index (χ1n) is 9.83. The molecular formula is C24H19ClFN3OS2. The van der Waals surface area contributed by atoms with Gasteiger partial charge in [0.2, 0.25) is 5.91 Å². The van der Waals surface area contributed by atoms with Crippen LogP contribution in [0.15, 0.2) is 78.3 Å². The van der Waals surface area contributed by atoms with E-state index in [9.17, 15) is 9.18 Å². The van der Waals surface area contributed by atoms with Crippen LogP contribution in [0.3, 0.4) is 0 Å². The second kappa shape index (κ2) is 10.7. The van der Waals surface area contributed by atoms with Gasteiger partial charge in [0.25, 0.3) is 0 Å². The zero-order valence-electron chi connectivity index (χ0n) is 16.9. The lowest BCUT2D eigenvalue weighted by atomic mass is 10.2. The zero-order valence-corrected chi connectivity index (χ0v) is 19.3. The Balaban J connectivity index is 1.54. The number of hydrogen-bond donors (Lipinski definition) is 0. The molecule has 0 unspecified atom stereocenters. The predicted octanol–water partition coefficient (Wildman–Crippen LogP) is 6.46. The zero-order chi connectivity index (χ0) is 22.3. The summed E-state index contributed by atoms with van der Waals surface area (Å²) in [5, 5.41) is 3.07. The van der Waals surface area contributed by atoms with E-state index in [1.165, 1.54) is 35.2 Å². The van der Waals surface area contributed by atoms with Gasteiger partial charge in [0.05, 0.1) is 23.7 Å². The van der Waals surface area contributed by atoms with Gasteiger partial charge in [0.15, 0.2) is 5.13 Å². The Labute approximate surface area is 199 Å². The topological polar surface area (TPSA) is 46.1 Å². The standard InChI is InChI=1S/C24H19ClFN3OS2/c25-21-7-2-1-6-20(21)22-15-32-24(28-22)29(13-17-8-10-18(26)11-9-17)23(30)16-31-14-19-5-3-4-12-27-19/h1-12,15H,13-14,16H2. The number of aromatic nitrogens is 2. The van der Waals surface area contributed by atoms with Gasteiger partial charge in [-0.2, -0.15) is 0 Å². The second-order valence-electron chi connectivity index (χ2n) is 6.92. The van der Waals surface area contributed by atoms with Crippen LogP contribution in [0.1, 0.15) is 11.3 Å². The molecule has 0 spiro atoms. The lowest BCUT2D eigenvalue weighted by Gasteiger charge is -2.20. The maximum atomic E-state index is 13.3. The van der Waals surface area contributed by atoms with Crippen molar-refractivity contribution in [2.45, 2.75) is 12.3 Å². The molecule has 0 aliphatic carbocycles. The average Bonchev–Trinajstić information content (AvgIpc) is 3.29. The number of pyridine rings is 1. The minimum Gasteiger partial charge on any atom is -0.283 e. The van der Waals surface area contributed by atoms with Crippen molar-refractivity contribution >= 4 is 45.7 Å². The van der Waals surface area contributed by atoms with E-state index in [0.29, 0.717) is 28.1 Å². The highest BCUT2D eigenvalue weighted by molar-refractivity contribution is 7.99. The van der Waals surface area contributed by atoms with Gasteiger partial charge in [-0.05, 0) is 35.9 Å². The summed E-state index contributed by atoms with van der Waals surface area (Å²) in [6.45, 7) is 0.304. The first-order valence-corrected chi connectivity index (χ1v) is 12.2. The molecule has 0 aliphatic heterocycles. The van der Waals surface area contributed by atoms with E-state index in [1.54, 1.807) is 23.2 Å². The first kappa shape index (κ1) is 22.5. The molecule has 2 aromatic carbocycles. The van der Waals surface area contributed by atoms with E-state index >= 15 is 0 Å². The van der Waals surface area contributed by atoms with Crippen LogP contribution in [0, 0.1) is 5.82 Å². The molecule has 0 aliphatic rings. The molecule has 4 aromatic rings. The maximum Gasteiger partial charge on any atom is 0.239 e. The number of anilines is 1. The number of halogens is 2. The molecule has 162 valence electrons. The van der Waals surface area contributed by atoms with Crippen LogP contribution in [-0.2, 0) is 17.1 Å². The van der Waals surface area contributed by atoms with E-state index < -0.39 is 0 Å². The molecule has 1 amide bonds. The van der Waals surface area contributed by atoms with Gasteiger partial charge in [-0.15, -0.1) is 23.1 Å². The molecule has 0 atom stereocenters. The van der Waals surface area contributed by atoms with Gasteiger partial charge in [-0.3, -0.25) is 14.7 Å². The molecule has 2 heterocycles. The second-order valence-corrected chi connectivity index (χ2v) is 9.14. The van der Waals surface area contributed by atoms with Crippen molar-refractivity contribution in [2.24, 2.45) is 0 Å². The molecule has 8 heteroatoms. The van der Waals surface area contributed by atoms with Crippen LogP contribution in [-0.4, -0.2) is 21.6 Å². The third kappa shape index (κ3) is 5.73. The number of rotatable bonds is 8. The fraction of sp³-hybridized carbons (Fsp3) is 0.125. The highest BCUT2D eigenvalue weighted by Crippen LogP contribution is 2.32. The van der Waals surface area contributed by atoms with E-state index in [4.69, 9.17) is 11.6 Å². The number of thiazole rings is 1. The number of hydrogen-bond acceptors (Lipinski definition) is 5. The largest absolute Gasteiger partial charge is 0.283 e. The monoisotopic (exact) mass is 483 g/mol. The predicted molar refractivity (Wildman–Crippen MR) is 131 cm³/mol. The summed E-state index contributed by atoms with van der Waals surface area (Å²) in [5.41, 5.74) is 3.28. The maximum absolute atomic E-state index is 13.3. The lowest BCUT2D eigenvalue weighted by Crippen LogP contribution is -2.32. The van der Waals surface area contributed by atoms with Crippen molar-refractivity contribution in [3.05, 3.63) is 100 Å². The van der Waals surface area contributed by atoms with Crippen LogP contribution < -0.4 is 4.90 Å². The Morgan fingerprint density at radius 1 is 1.06 bits per heavy atom. The van der Waals surface area contributed by atoms with Crippen molar-refractivity contribution < 1.29 is 9.18 Å². The minimum absolute atomic E-state index is 0.0738. The molecule has 0 saturated carbocycles. The van der Waals surface area contributed by atoms with Crippen LogP contribution in [0.4, 0.5) is 9.52 Å². The number of amides is 1. The molecule has 2 aromatic heterocycles. The fourth-order valence-electron chi connectivity index (χ4n) is 3.02. The number of thioether (sulfide) groups is 1. The van der Waals surface area contributed by atoms with Crippen molar-refractivity contribution in [2.75, 3.05) is 10.7 Å². The quantitative estimate of drug-likeness (QED) is 0.288. The molecule has 0 N–H and O–H groups in total. The molecular weight excluding hydrogens is 465 g/mol. The van der Waals surface area contributed by atoms with E-state index in [-0.39, 0.29) is 17.5 Å². The molecule has 0 fully saturated rings. The third-order valence-corrected chi connectivity index (χ3v) is 6.77. The third-order valence-electron chi connectivity index (χ3n) is 4.63. The van der Waals surface area contributed by atoms with E-state index in [1.807, 2.05) is 47.8 Å². The van der Waals surface area contributed by atoms with Gasteiger partial charge in [-0.25, -0.2) is 9.37 Å². The van der Waals surface area contributed by atoms with Gasteiger partial charge in [0, 0.05) is 27.9 Å². The van der Waals surface area contributed by atoms with Crippen LogP contribution in [0.5, 0.6) is 0 Å². The Morgan fingerprint density at radius 3 is 2.59 bits per heavy atom. The summed E-state index contributed by atoms with van der Waals surface area (Å²) in [6.07, 6.45) is 1.74. The van der Waals surface area contributed by atoms with Crippen molar-refractivity contribution in [1.82, 2.24) is 9.97 Å². The first-order chi connectivity index (χ1) is 15.6. The summed E-state index contributed by atoms with van der Waals surface area (Å²) in [4.78, 5) is 23.8. The molecule has 4 nitrogen and oxygen atoms in total. The molecule has 0 radical (unpaired) electrons. The number of nitrogens with zero attached hydrogens (tertiary/aromatic N) is 3. The Bertz CT molecular complexity index is 1190. The number of carbonyl (C=O) groups is 1. The van der Waals surface area contributed by atoms with Crippen molar-refractivity contribution in [1.29, 1.82) is 0 Å². The van der Waals surface area contributed by atoms with Crippen LogP contribution in [0.25, 0.3) is 11.3 Å². The fourth-order valence-corrected chi connectivity index (χ4v) is 4.91. The van der Waals surface area contributed by atoms with E-state index in [2.05, 4.69) is 9.97 Å². The average molecular weight is 484 g/mol.